The molecule has 4 rings (SSSR count). The summed E-state index contributed by atoms with van der Waals surface area (Å²) in [6.07, 6.45) is -5.40. The minimum Gasteiger partial charge on any atom is -0.459 e. The smallest absolute Gasteiger partial charge is 0.437 e. The van der Waals surface area contributed by atoms with Gasteiger partial charge >= 0.3 is 12.2 Å². The number of hydrogen-bond acceptors (Lipinski definition) is 4. The molecule has 0 unspecified atom stereocenters. The minimum absolute atomic E-state index is 0.158. The Bertz CT molecular complexity index is 1190. The number of benzene rings is 2. The van der Waals surface area contributed by atoms with Crippen LogP contribution in [0.4, 0.5) is 22.4 Å². The van der Waals surface area contributed by atoms with E-state index in [9.17, 15) is 32.3 Å². The number of ketones is 1. The summed E-state index contributed by atoms with van der Waals surface area (Å²) in [6, 6.07) is 9.79. The quantitative estimate of drug-likeness (QED) is 0.366. The van der Waals surface area contributed by atoms with Crippen molar-refractivity contribution in [3.8, 4) is 11.3 Å². The highest BCUT2D eigenvalue weighted by atomic mass is 35.5. The first kappa shape index (κ1) is 22.8. The third-order valence-electron chi connectivity index (χ3n) is 5.28. The summed E-state index contributed by atoms with van der Waals surface area (Å²) in [6.45, 7) is 0. The van der Waals surface area contributed by atoms with Gasteiger partial charge in [0.05, 0.1) is 0 Å². The number of aliphatic hydroxyl groups is 1. The molecule has 172 valence electrons. The molecule has 0 spiro atoms. The molecule has 33 heavy (non-hydrogen) atoms. The van der Waals surface area contributed by atoms with Gasteiger partial charge in [-0.25, -0.2) is 9.18 Å². The Labute approximate surface area is 189 Å². The molecule has 11 heteroatoms. The van der Waals surface area contributed by atoms with E-state index >= 15 is 0 Å². The van der Waals surface area contributed by atoms with Gasteiger partial charge in [-0.15, -0.1) is 0 Å². The SMILES string of the molecule is O=C1N[C@@H](c2ccc(-c3ccc(F)cc3)o2)[C@@H](C(=O)c2ccc(Cl)cc2)[C@](O)(C(F)(F)F)N1. The number of rotatable bonds is 4. The fraction of sp³-hybridized carbons (Fsp3) is 0.182. The van der Waals surface area contributed by atoms with E-state index in [4.69, 9.17) is 16.0 Å². The monoisotopic (exact) mass is 482 g/mol. The van der Waals surface area contributed by atoms with Gasteiger partial charge in [0.2, 0.25) is 5.72 Å². The molecule has 2 aromatic carbocycles. The van der Waals surface area contributed by atoms with Crippen LogP contribution in [-0.4, -0.2) is 28.8 Å². The van der Waals surface area contributed by atoms with Crippen LogP contribution in [0.5, 0.6) is 0 Å². The molecular weight excluding hydrogens is 468 g/mol. The van der Waals surface area contributed by atoms with Crippen LogP contribution in [0.15, 0.2) is 65.1 Å². The maximum atomic E-state index is 14.0. The molecule has 0 aliphatic carbocycles. The molecule has 1 aliphatic rings. The third-order valence-corrected chi connectivity index (χ3v) is 5.53. The summed E-state index contributed by atoms with van der Waals surface area (Å²) >= 11 is 5.80. The molecular formula is C22H15ClF4N2O4. The van der Waals surface area contributed by atoms with Crippen molar-refractivity contribution in [2.24, 2.45) is 5.92 Å². The Morgan fingerprint density at radius 3 is 2.27 bits per heavy atom. The largest absolute Gasteiger partial charge is 0.459 e. The molecule has 0 radical (unpaired) electrons. The maximum absolute atomic E-state index is 14.0. The Morgan fingerprint density at radius 1 is 1.03 bits per heavy atom. The van der Waals surface area contributed by atoms with Gasteiger partial charge in [-0.05, 0) is 60.7 Å². The van der Waals surface area contributed by atoms with Gasteiger partial charge in [0.15, 0.2) is 5.78 Å². The van der Waals surface area contributed by atoms with Gasteiger partial charge in [0.25, 0.3) is 0 Å². The van der Waals surface area contributed by atoms with Gasteiger partial charge < -0.3 is 20.2 Å². The lowest BCUT2D eigenvalue weighted by Crippen LogP contribution is -2.72. The van der Waals surface area contributed by atoms with Crippen LogP contribution in [-0.2, 0) is 0 Å². The first-order valence-corrected chi connectivity index (χ1v) is 9.90. The number of furan rings is 1. The number of amides is 2. The molecule has 3 atom stereocenters. The lowest BCUT2D eigenvalue weighted by molar-refractivity contribution is -0.288. The second-order valence-electron chi connectivity index (χ2n) is 7.40. The molecule has 1 aliphatic heterocycles. The van der Waals surface area contributed by atoms with Crippen molar-refractivity contribution < 1.29 is 36.7 Å². The van der Waals surface area contributed by atoms with Gasteiger partial charge in [-0.3, -0.25) is 4.79 Å². The van der Waals surface area contributed by atoms with Gasteiger partial charge in [0.1, 0.15) is 29.3 Å². The van der Waals surface area contributed by atoms with E-state index in [1.54, 1.807) is 0 Å². The van der Waals surface area contributed by atoms with Crippen molar-refractivity contribution in [3.05, 3.63) is 82.8 Å². The van der Waals surface area contributed by atoms with E-state index in [1.165, 1.54) is 66.0 Å². The van der Waals surface area contributed by atoms with Crippen LogP contribution in [0, 0.1) is 11.7 Å². The maximum Gasteiger partial charge on any atom is 0.437 e. The molecule has 6 nitrogen and oxygen atoms in total. The van der Waals surface area contributed by atoms with E-state index < -0.39 is 41.5 Å². The van der Waals surface area contributed by atoms with Gasteiger partial charge in [0, 0.05) is 16.1 Å². The van der Waals surface area contributed by atoms with Crippen molar-refractivity contribution in [3.63, 3.8) is 0 Å². The van der Waals surface area contributed by atoms with Crippen molar-refractivity contribution in [1.29, 1.82) is 0 Å². The number of halogens is 5. The van der Waals surface area contributed by atoms with Crippen LogP contribution in [0.3, 0.4) is 0 Å². The van der Waals surface area contributed by atoms with E-state index in [0.717, 1.165) is 0 Å². The Kier molecular flexibility index (Phi) is 5.67. The lowest BCUT2D eigenvalue weighted by atomic mass is 9.79. The number of alkyl halides is 3. The first-order chi connectivity index (χ1) is 15.5. The second kappa shape index (κ2) is 8.20. The third kappa shape index (κ3) is 4.19. The molecule has 3 aromatic rings. The van der Waals surface area contributed by atoms with Crippen molar-refractivity contribution in [2.45, 2.75) is 17.9 Å². The normalized spacial score (nSPS) is 23.0. The summed E-state index contributed by atoms with van der Waals surface area (Å²) in [4.78, 5) is 25.3. The van der Waals surface area contributed by atoms with E-state index in [2.05, 4.69) is 5.32 Å². The predicted molar refractivity (Wildman–Crippen MR) is 109 cm³/mol. The molecule has 2 amide bonds. The Morgan fingerprint density at radius 2 is 1.67 bits per heavy atom. The fourth-order valence-corrected chi connectivity index (χ4v) is 3.79. The number of Topliss-reactive ketones (excluding diaryl/α,β-unsaturated/α-hetero) is 1. The molecule has 1 fully saturated rings. The van der Waals surface area contributed by atoms with Crippen LogP contribution < -0.4 is 10.6 Å². The van der Waals surface area contributed by atoms with Crippen molar-refractivity contribution in [1.82, 2.24) is 10.6 Å². The minimum atomic E-state index is -5.40. The Balaban J connectivity index is 1.80. The second-order valence-corrected chi connectivity index (χ2v) is 7.83. The highest BCUT2D eigenvalue weighted by Crippen LogP contribution is 2.44. The van der Waals surface area contributed by atoms with Crippen LogP contribution in [0.25, 0.3) is 11.3 Å². The highest BCUT2D eigenvalue weighted by molar-refractivity contribution is 6.30. The molecule has 0 saturated carbocycles. The summed E-state index contributed by atoms with van der Waals surface area (Å²) in [5, 5.41) is 14.5. The lowest BCUT2D eigenvalue weighted by Gasteiger charge is -2.44. The average molecular weight is 483 g/mol. The summed E-state index contributed by atoms with van der Waals surface area (Å²) < 4.78 is 60.7. The van der Waals surface area contributed by atoms with Crippen molar-refractivity contribution in [2.75, 3.05) is 0 Å². The standard InChI is InChI=1S/C22H15ClF4N2O4/c23-13-5-1-12(2-6-13)19(30)17-18(28-20(31)29-21(17,32)22(25,26)27)16-10-9-15(33-16)11-3-7-14(24)8-4-11/h1-10,17-18,32H,(H2,28,29,31)/t17-,18-,21-/m0/s1. The summed E-state index contributed by atoms with van der Waals surface area (Å²) in [7, 11) is 0. The topological polar surface area (TPSA) is 91.6 Å². The van der Waals surface area contributed by atoms with Crippen LogP contribution >= 0.6 is 11.6 Å². The molecule has 2 heterocycles. The number of carbonyl (C=O) groups excluding carboxylic acids is 2. The van der Waals surface area contributed by atoms with E-state index in [-0.39, 0.29) is 22.1 Å². The zero-order valence-electron chi connectivity index (χ0n) is 16.5. The summed E-state index contributed by atoms with van der Waals surface area (Å²) in [5.74, 6) is -3.91. The molecule has 1 aromatic heterocycles. The zero-order valence-corrected chi connectivity index (χ0v) is 17.2. The number of urea groups is 1. The predicted octanol–water partition coefficient (Wildman–Crippen LogP) is 4.84. The van der Waals surface area contributed by atoms with Gasteiger partial charge in [-0.2, -0.15) is 13.2 Å². The zero-order chi connectivity index (χ0) is 24.0. The van der Waals surface area contributed by atoms with Crippen LogP contribution in [0.1, 0.15) is 22.2 Å². The number of hydrogen-bond donors (Lipinski definition) is 3. The molecule has 3 N–H and O–H groups in total. The van der Waals surface area contributed by atoms with Gasteiger partial charge in [-0.1, -0.05) is 11.6 Å². The van der Waals surface area contributed by atoms with E-state index in [0.29, 0.717) is 5.56 Å². The number of nitrogens with one attached hydrogen (secondary N) is 2. The Hall–Kier alpha value is -3.37. The average Bonchev–Trinajstić information content (AvgIpc) is 3.23. The summed E-state index contributed by atoms with van der Waals surface area (Å²) in [5.41, 5.74) is -3.64. The highest BCUT2D eigenvalue weighted by Gasteiger charge is 2.66. The molecule has 0 bridgehead atoms. The number of carbonyl (C=O) groups is 2. The van der Waals surface area contributed by atoms with E-state index in [1.807, 2.05) is 0 Å². The van der Waals surface area contributed by atoms with Crippen molar-refractivity contribution >= 4 is 23.4 Å². The molecule has 1 saturated heterocycles. The fourth-order valence-electron chi connectivity index (χ4n) is 3.66. The first-order valence-electron chi connectivity index (χ1n) is 9.53. The van der Waals surface area contributed by atoms with Crippen LogP contribution in [0.2, 0.25) is 5.02 Å².